The molecule has 0 aliphatic heterocycles. The number of para-hydroxylation sites is 2. The lowest BCUT2D eigenvalue weighted by molar-refractivity contribution is 0.668. The fraction of sp³-hybridized carbons (Fsp3) is 0. The summed E-state index contributed by atoms with van der Waals surface area (Å²) in [5, 5.41) is 7.21. The van der Waals surface area contributed by atoms with E-state index in [2.05, 4.69) is 191 Å². The third-order valence-electron chi connectivity index (χ3n) is 10.5. The number of benzene rings is 8. The van der Waals surface area contributed by atoms with Gasteiger partial charge in [-0.25, -0.2) is 0 Å². The predicted molar refractivity (Wildman–Crippen MR) is 213 cm³/mol. The predicted octanol–water partition coefficient (Wildman–Crippen LogP) is 13.1. The lowest BCUT2D eigenvalue weighted by atomic mass is 9.99. The van der Waals surface area contributed by atoms with Gasteiger partial charge in [-0.3, -0.25) is 0 Å². The zero-order valence-corrected chi connectivity index (χ0v) is 27.6. The van der Waals surface area contributed by atoms with Crippen molar-refractivity contribution in [1.29, 1.82) is 0 Å². The van der Waals surface area contributed by atoms with E-state index in [1.165, 1.54) is 54.8 Å². The molecule has 0 bridgehead atoms. The van der Waals surface area contributed by atoms with E-state index < -0.39 is 0 Å². The zero-order chi connectivity index (χ0) is 33.5. The van der Waals surface area contributed by atoms with Crippen LogP contribution in [0.5, 0.6) is 0 Å². The maximum absolute atomic E-state index is 6.59. The van der Waals surface area contributed by atoms with E-state index in [0.29, 0.717) is 0 Å². The summed E-state index contributed by atoms with van der Waals surface area (Å²) in [4.78, 5) is 0. The molecule has 51 heavy (non-hydrogen) atoms. The van der Waals surface area contributed by atoms with Crippen molar-refractivity contribution in [2.24, 2.45) is 0 Å². The molecule has 3 nitrogen and oxygen atoms in total. The van der Waals surface area contributed by atoms with Crippen LogP contribution in [-0.2, 0) is 0 Å². The van der Waals surface area contributed by atoms with Gasteiger partial charge in [0.1, 0.15) is 11.2 Å². The van der Waals surface area contributed by atoms with Crippen molar-refractivity contribution in [2.75, 3.05) is 0 Å². The fourth-order valence-corrected chi connectivity index (χ4v) is 8.32. The maximum atomic E-state index is 6.59. The average Bonchev–Trinajstić information content (AvgIpc) is 3.86. The number of hydrogen-bond acceptors (Lipinski definition) is 1. The third kappa shape index (κ3) is 4.12. The van der Waals surface area contributed by atoms with Crippen LogP contribution in [0.2, 0.25) is 0 Å². The Labute approximate surface area is 293 Å². The van der Waals surface area contributed by atoms with E-state index in [1.54, 1.807) is 0 Å². The molecule has 8 aromatic carbocycles. The Morgan fingerprint density at radius 2 is 0.980 bits per heavy atom. The highest BCUT2D eigenvalue weighted by molar-refractivity contribution is 6.26. The second-order valence-electron chi connectivity index (χ2n) is 13.3. The summed E-state index contributed by atoms with van der Waals surface area (Å²) in [5.74, 6) is 0. The molecule has 0 spiro atoms. The Kier molecular flexibility index (Phi) is 5.96. The molecule has 0 unspecified atom stereocenters. The Bertz CT molecular complexity index is 3130. The first-order valence-corrected chi connectivity index (χ1v) is 17.4. The van der Waals surface area contributed by atoms with Crippen LogP contribution in [-0.4, -0.2) is 9.13 Å². The smallest absolute Gasteiger partial charge is 0.137 e. The Morgan fingerprint density at radius 1 is 0.333 bits per heavy atom. The first-order valence-electron chi connectivity index (χ1n) is 17.4. The van der Waals surface area contributed by atoms with Crippen LogP contribution in [0.1, 0.15) is 0 Å². The molecule has 0 aliphatic rings. The summed E-state index contributed by atoms with van der Waals surface area (Å²) in [6.07, 6.45) is 0. The van der Waals surface area contributed by atoms with Crippen molar-refractivity contribution in [3.63, 3.8) is 0 Å². The zero-order valence-electron chi connectivity index (χ0n) is 27.6. The van der Waals surface area contributed by atoms with Crippen molar-refractivity contribution >= 4 is 65.6 Å². The molecule has 11 rings (SSSR count). The fourth-order valence-electron chi connectivity index (χ4n) is 8.32. The molecule has 0 atom stereocenters. The van der Waals surface area contributed by atoms with Crippen molar-refractivity contribution in [3.8, 4) is 33.6 Å². The summed E-state index contributed by atoms with van der Waals surface area (Å²) >= 11 is 0. The SMILES string of the molecule is c1ccc(-c2cccc(-n3c4ccccc4c4ccc5c(c6ccccc6n5-c5ccc6c(c5)oc5cccc(-c7ccccc7)c56)c43)c2)cc1. The number of rotatable bonds is 4. The van der Waals surface area contributed by atoms with Gasteiger partial charge in [-0.15, -0.1) is 0 Å². The quantitative estimate of drug-likeness (QED) is 0.186. The number of nitrogens with zero attached hydrogens (tertiary/aromatic N) is 2. The average molecular weight is 651 g/mol. The molecule has 3 heterocycles. The molecular weight excluding hydrogens is 621 g/mol. The van der Waals surface area contributed by atoms with E-state index in [4.69, 9.17) is 4.42 Å². The summed E-state index contributed by atoms with van der Waals surface area (Å²) in [6.45, 7) is 0. The minimum absolute atomic E-state index is 0.879. The van der Waals surface area contributed by atoms with Crippen LogP contribution < -0.4 is 0 Å². The van der Waals surface area contributed by atoms with Gasteiger partial charge in [0.25, 0.3) is 0 Å². The highest BCUT2D eigenvalue weighted by atomic mass is 16.3. The standard InChI is InChI=1S/C48H30N2O/c1-3-13-31(14-4-1)33-17-11-18-34(29-33)50-41-22-9-7-19-37(41)38-27-28-43-47(48(38)50)39-20-8-10-23-42(39)49(43)35-25-26-40-45(30-35)51-44-24-12-21-36(46(40)44)32-15-5-2-6-16-32/h1-30H. The van der Waals surface area contributed by atoms with Crippen LogP contribution >= 0.6 is 0 Å². The lowest BCUT2D eigenvalue weighted by Crippen LogP contribution is -1.96. The van der Waals surface area contributed by atoms with E-state index in [1.807, 2.05) is 0 Å². The van der Waals surface area contributed by atoms with E-state index >= 15 is 0 Å². The van der Waals surface area contributed by atoms with Gasteiger partial charge in [-0.2, -0.15) is 0 Å². The summed E-state index contributed by atoms with van der Waals surface area (Å²) in [7, 11) is 0. The first kappa shape index (κ1) is 28.0. The highest BCUT2D eigenvalue weighted by Gasteiger charge is 2.22. The molecule has 0 radical (unpaired) electrons. The minimum atomic E-state index is 0.879. The summed E-state index contributed by atoms with van der Waals surface area (Å²) in [5.41, 5.74) is 13.5. The van der Waals surface area contributed by atoms with Gasteiger partial charge in [-0.05, 0) is 70.8 Å². The van der Waals surface area contributed by atoms with Crippen LogP contribution in [0.4, 0.5) is 0 Å². The first-order chi connectivity index (χ1) is 25.3. The Balaban J connectivity index is 1.20. The van der Waals surface area contributed by atoms with Gasteiger partial charge in [0.05, 0.1) is 22.1 Å². The maximum Gasteiger partial charge on any atom is 0.137 e. The van der Waals surface area contributed by atoms with E-state index in [0.717, 1.165) is 44.3 Å². The molecule has 3 heteroatoms. The molecule has 238 valence electrons. The molecule has 0 amide bonds. The molecule has 0 N–H and O–H groups in total. The Hall–Kier alpha value is -6.84. The van der Waals surface area contributed by atoms with Gasteiger partial charge < -0.3 is 13.6 Å². The van der Waals surface area contributed by atoms with Gasteiger partial charge in [0.15, 0.2) is 0 Å². The molecular formula is C48H30N2O. The van der Waals surface area contributed by atoms with Crippen LogP contribution in [0.25, 0.3) is 99.2 Å². The molecule has 3 aromatic heterocycles. The van der Waals surface area contributed by atoms with Gasteiger partial charge in [-0.1, -0.05) is 127 Å². The number of fused-ring (bicyclic) bond motifs is 10. The number of hydrogen-bond donors (Lipinski definition) is 0. The van der Waals surface area contributed by atoms with Crippen molar-refractivity contribution < 1.29 is 4.42 Å². The van der Waals surface area contributed by atoms with Crippen molar-refractivity contribution in [1.82, 2.24) is 9.13 Å². The van der Waals surface area contributed by atoms with Gasteiger partial charge in [0, 0.05) is 49.8 Å². The van der Waals surface area contributed by atoms with Crippen LogP contribution in [0.3, 0.4) is 0 Å². The Morgan fingerprint density at radius 3 is 1.80 bits per heavy atom. The minimum Gasteiger partial charge on any atom is -0.456 e. The second kappa shape index (κ2) is 10.8. The second-order valence-corrected chi connectivity index (χ2v) is 13.3. The van der Waals surface area contributed by atoms with Gasteiger partial charge >= 0.3 is 0 Å². The summed E-state index contributed by atoms with van der Waals surface area (Å²) in [6, 6.07) is 65.3. The van der Waals surface area contributed by atoms with Gasteiger partial charge in [0.2, 0.25) is 0 Å². The normalized spacial score (nSPS) is 11.9. The van der Waals surface area contributed by atoms with Crippen molar-refractivity contribution in [2.45, 2.75) is 0 Å². The number of aromatic nitrogens is 2. The third-order valence-corrected chi connectivity index (χ3v) is 10.5. The molecule has 0 aliphatic carbocycles. The molecule has 0 saturated heterocycles. The lowest BCUT2D eigenvalue weighted by Gasteiger charge is -2.12. The number of furan rings is 1. The van der Waals surface area contributed by atoms with Crippen LogP contribution in [0, 0.1) is 0 Å². The largest absolute Gasteiger partial charge is 0.456 e. The van der Waals surface area contributed by atoms with Crippen LogP contribution in [0.15, 0.2) is 186 Å². The van der Waals surface area contributed by atoms with E-state index in [-0.39, 0.29) is 0 Å². The topological polar surface area (TPSA) is 23.0 Å². The highest BCUT2D eigenvalue weighted by Crippen LogP contribution is 2.43. The van der Waals surface area contributed by atoms with E-state index in [9.17, 15) is 0 Å². The molecule has 11 aromatic rings. The summed E-state index contributed by atoms with van der Waals surface area (Å²) < 4.78 is 11.5. The monoisotopic (exact) mass is 650 g/mol. The molecule has 0 fully saturated rings. The van der Waals surface area contributed by atoms with Crippen molar-refractivity contribution in [3.05, 3.63) is 182 Å². The molecule has 0 saturated carbocycles.